The molecule has 3 aromatic rings. The lowest BCUT2D eigenvalue weighted by atomic mass is 9.96. The molecule has 2 aromatic carbocycles. The van der Waals surface area contributed by atoms with Gasteiger partial charge in [-0.05, 0) is 53.2 Å². The van der Waals surface area contributed by atoms with Crippen LogP contribution in [0.4, 0.5) is 0 Å². The summed E-state index contributed by atoms with van der Waals surface area (Å²) in [5, 5.41) is 21.6. The van der Waals surface area contributed by atoms with Gasteiger partial charge in [-0.25, -0.2) is 5.01 Å². The first kappa shape index (κ1) is 17.4. The molecule has 0 saturated carbocycles. The highest BCUT2D eigenvalue weighted by atomic mass is 35.5. The molecule has 0 amide bonds. The molecular weight excluding hydrogens is 396 g/mol. The van der Waals surface area contributed by atoms with Crippen molar-refractivity contribution in [2.24, 2.45) is 5.10 Å². The van der Waals surface area contributed by atoms with Gasteiger partial charge in [-0.2, -0.15) is 16.4 Å². The van der Waals surface area contributed by atoms with Gasteiger partial charge in [-0.3, -0.25) is 0 Å². The average molecular weight is 413 g/mol. The lowest BCUT2D eigenvalue weighted by Gasteiger charge is -2.37. The van der Waals surface area contributed by atoms with Gasteiger partial charge in [0.15, 0.2) is 11.5 Å². The molecule has 0 fully saturated rings. The third kappa shape index (κ3) is 2.80. The Morgan fingerprint density at radius 2 is 2.14 bits per heavy atom. The van der Waals surface area contributed by atoms with Crippen molar-refractivity contribution < 1.29 is 14.6 Å². The molecular formula is C21H17ClN2O3S. The number of fused-ring (bicyclic) bond motifs is 3. The number of hydrogen-bond donors (Lipinski definition) is 1. The van der Waals surface area contributed by atoms with Gasteiger partial charge in [0.05, 0.1) is 18.9 Å². The predicted molar refractivity (Wildman–Crippen MR) is 110 cm³/mol. The monoisotopic (exact) mass is 412 g/mol. The minimum absolute atomic E-state index is 0.0298. The topological polar surface area (TPSA) is 54.3 Å². The summed E-state index contributed by atoms with van der Waals surface area (Å²) in [5.41, 5.74) is 3.93. The van der Waals surface area contributed by atoms with E-state index in [1.807, 2.05) is 40.7 Å². The molecule has 0 radical (unpaired) electrons. The fourth-order valence-corrected chi connectivity index (χ4v) is 4.57. The maximum absolute atomic E-state index is 9.90. The zero-order valence-corrected chi connectivity index (χ0v) is 16.6. The second kappa shape index (κ2) is 6.72. The van der Waals surface area contributed by atoms with Gasteiger partial charge in [0.1, 0.15) is 5.75 Å². The van der Waals surface area contributed by atoms with E-state index in [1.54, 1.807) is 17.4 Å². The van der Waals surface area contributed by atoms with E-state index in [-0.39, 0.29) is 18.0 Å². The Labute approximate surface area is 171 Å². The first-order chi connectivity index (χ1) is 13.6. The lowest BCUT2D eigenvalue weighted by molar-refractivity contribution is -0.0187. The Kier molecular flexibility index (Phi) is 4.18. The van der Waals surface area contributed by atoms with Crippen molar-refractivity contribution >= 4 is 28.6 Å². The molecule has 1 N–H and O–H groups in total. The van der Waals surface area contributed by atoms with E-state index in [9.17, 15) is 5.11 Å². The Bertz CT molecular complexity index is 1070. The van der Waals surface area contributed by atoms with E-state index in [0.29, 0.717) is 17.2 Å². The van der Waals surface area contributed by atoms with Gasteiger partial charge in [0.2, 0.25) is 6.23 Å². The quantitative estimate of drug-likeness (QED) is 0.629. The number of hydrazone groups is 1. The molecule has 28 heavy (non-hydrogen) atoms. The Hall–Kier alpha value is -2.70. The van der Waals surface area contributed by atoms with Gasteiger partial charge >= 0.3 is 0 Å². The van der Waals surface area contributed by atoms with Crippen LogP contribution in [0.2, 0.25) is 5.02 Å². The van der Waals surface area contributed by atoms with E-state index >= 15 is 0 Å². The number of thiophene rings is 1. The van der Waals surface area contributed by atoms with Gasteiger partial charge in [0, 0.05) is 28.1 Å². The number of ether oxygens (including phenoxy) is 2. The van der Waals surface area contributed by atoms with Gasteiger partial charge in [-0.1, -0.05) is 11.6 Å². The summed E-state index contributed by atoms with van der Waals surface area (Å²) < 4.78 is 11.6. The molecule has 0 aliphatic carbocycles. The zero-order valence-electron chi connectivity index (χ0n) is 15.0. The number of halogens is 1. The molecule has 2 aliphatic rings. The Morgan fingerprint density at radius 1 is 1.25 bits per heavy atom. The maximum atomic E-state index is 9.90. The number of aromatic hydroxyl groups is 1. The fraction of sp³-hybridized carbons (Fsp3) is 0.190. The number of nitrogens with zero attached hydrogens (tertiary/aromatic N) is 2. The first-order valence-electron chi connectivity index (χ1n) is 8.85. The summed E-state index contributed by atoms with van der Waals surface area (Å²) >= 11 is 7.89. The molecule has 0 unspecified atom stereocenters. The molecule has 0 saturated heterocycles. The summed E-state index contributed by atoms with van der Waals surface area (Å²) in [6.45, 7) is 0. The smallest absolute Gasteiger partial charge is 0.214 e. The standard InChI is InChI=1S/C21H17ClN2O3S/c1-26-20-8-12(2-4-18(20)25)16-10-17-15-9-14(22)3-5-19(15)27-21(24(17)23-16)13-6-7-28-11-13/h2-9,11,17,21,25H,10H2,1H3/t17-,21+/m1/s1. The second-order valence-electron chi connectivity index (χ2n) is 6.74. The van der Waals surface area contributed by atoms with E-state index in [1.165, 1.54) is 7.11 Å². The predicted octanol–water partition coefficient (Wildman–Crippen LogP) is 5.36. The highest BCUT2D eigenvalue weighted by Gasteiger charge is 2.41. The molecule has 5 nitrogen and oxygen atoms in total. The third-order valence-electron chi connectivity index (χ3n) is 5.09. The fourth-order valence-electron chi connectivity index (χ4n) is 3.73. The molecule has 5 rings (SSSR count). The molecule has 2 atom stereocenters. The molecule has 0 spiro atoms. The van der Waals surface area contributed by atoms with Crippen LogP contribution in [-0.2, 0) is 0 Å². The number of benzene rings is 2. The van der Waals surface area contributed by atoms with Crippen LogP contribution >= 0.6 is 22.9 Å². The van der Waals surface area contributed by atoms with E-state index < -0.39 is 0 Å². The normalized spacial score (nSPS) is 20.2. The summed E-state index contributed by atoms with van der Waals surface area (Å²) in [6.07, 6.45) is 0.423. The summed E-state index contributed by atoms with van der Waals surface area (Å²) in [7, 11) is 1.54. The zero-order chi connectivity index (χ0) is 19.3. The van der Waals surface area contributed by atoms with Crippen LogP contribution in [0.1, 0.15) is 35.4 Å². The lowest BCUT2D eigenvalue weighted by Crippen LogP contribution is -2.33. The van der Waals surface area contributed by atoms with Gasteiger partial charge < -0.3 is 14.6 Å². The molecule has 3 heterocycles. The first-order valence-corrected chi connectivity index (χ1v) is 10.2. The highest BCUT2D eigenvalue weighted by molar-refractivity contribution is 7.07. The van der Waals surface area contributed by atoms with Crippen molar-refractivity contribution in [2.45, 2.75) is 18.7 Å². The molecule has 7 heteroatoms. The largest absolute Gasteiger partial charge is 0.504 e. The second-order valence-corrected chi connectivity index (χ2v) is 7.96. The minimum Gasteiger partial charge on any atom is -0.504 e. The Morgan fingerprint density at radius 3 is 2.93 bits per heavy atom. The van der Waals surface area contributed by atoms with Crippen LogP contribution in [0.15, 0.2) is 58.3 Å². The van der Waals surface area contributed by atoms with Crippen molar-refractivity contribution in [3.05, 3.63) is 74.9 Å². The van der Waals surface area contributed by atoms with E-state index in [4.69, 9.17) is 26.2 Å². The molecule has 2 aliphatic heterocycles. The number of phenols is 1. The van der Waals surface area contributed by atoms with Crippen LogP contribution in [0.5, 0.6) is 17.2 Å². The highest BCUT2D eigenvalue weighted by Crippen LogP contribution is 2.48. The van der Waals surface area contributed by atoms with Crippen LogP contribution in [-0.4, -0.2) is 22.9 Å². The average Bonchev–Trinajstić information content (AvgIpc) is 3.38. The van der Waals surface area contributed by atoms with E-state index in [0.717, 1.165) is 28.2 Å². The summed E-state index contributed by atoms with van der Waals surface area (Å²) in [4.78, 5) is 0. The van der Waals surface area contributed by atoms with Crippen LogP contribution < -0.4 is 9.47 Å². The van der Waals surface area contributed by atoms with E-state index in [2.05, 4.69) is 11.4 Å². The summed E-state index contributed by atoms with van der Waals surface area (Å²) in [5.74, 6) is 1.37. The maximum Gasteiger partial charge on any atom is 0.214 e. The van der Waals surface area contributed by atoms with Crippen LogP contribution in [0.25, 0.3) is 0 Å². The van der Waals surface area contributed by atoms with Crippen molar-refractivity contribution in [1.82, 2.24) is 5.01 Å². The number of rotatable bonds is 3. The van der Waals surface area contributed by atoms with Crippen molar-refractivity contribution in [3.8, 4) is 17.2 Å². The number of hydrogen-bond acceptors (Lipinski definition) is 6. The van der Waals surface area contributed by atoms with Crippen LogP contribution in [0.3, 0.4) is 0 Å². The third-order valence-corrected chi connectivity index (χ3v) is 6.03. The SMILES string of the molecule is COc1cc(C2=NN3[C@H](C2)c2cc(Cl)ccc2O[C@H]3c2ccsc2)ccc1O. The molecule has 0 bridgehead atoms. The van der Waals surface area contributed by atoms with Crippen molar-refractivity contribution in [1.29, 1.82) is 0 Å². The summed E-state index contributed by atoms with van der Waals surface area (Å²) in [6, 6.07) is 13.1. The van der Waals surface area contributed by atoms with Crippen LogP contribution in [0, 0.1) is 0 Å². The minimum atomic E-state index is -0.290. The molecule has 142 valence electrons. The van der Waals surface area contributed by atoms with Crippen molar-refractivity contribution in [3.63, 3.8) is 0 Å². The number of methoxy groups -OCH3 is 1. The number of phenolic OH excluding ortho intramolecular Hbond substituents is 1. The van der Waals surface area contributed by atoms with Gasteiger partial charge in [-0.15, -0.1) is 0 Å². The Balaban J connectivity index is 1.59. The van der Waals surface area contributed by atoms with Crippen molar-refractivity contribution in [2.75, 3.05) is 7.11 Å². The molecule has 1 aromatic heterocycles. The van der Waals surface area contributed by atoms with Gasteiger partial charge in [0.25, 0.3) is 0 Å².